The smallest absolute Gasteiger partial charge is 0.131 e. The first-order valence-corrected chi connectivity index (χ1v) is 6.82. The molecule has 5 heteroatoms. The highest BCUT2D eigenvalue weighted by atomic mass is 35.5. The molecule has 1 atom stereocenters. The molecule has 2 aromatic rings. The number of rotatable bonds is 4. The van der Waals surface area contributed by atoms with Gasteiger partial charge in [0.2, 0.25) is 0 Å². The first-order valence-electron chi connectivity index (χ1n) is 6.44. The van der Waals surface area contributed by atoms with E-state index in [0.717, 1.165) is 11.6 Å². The molecule has 21 heavy (non-hydrogen) atoms. The molecule has 1 unspecified atom stereocenters. The molecular formula is C16H16ClF2NO. The molecule has 0 saturated heterocycles. The fourth-order valence-electron chi connectivity index (χ4n) is 2.30. The summed E-state index contributed by atoms with van der Waals surface area (Å²) in [5, 5.41) is 3.56. The molecule has 0 spiro atoms. The Labute approximate surface area is 127 Å². The van der Waals surface area contributed by atoms with Crippen LogP contribution in [0.4, 0.5) is 8.78 Å². The monoisotopic (exact) mass is 311 g/mol. The van der Waals surface area contributed by atoms with Crippen LogP contribution in [0.2, 0.25) is 5.02 Å². The van der Waals surface area contributed by atoms with Crippen molar-refractivity contribution in [2.45, 2.75) is 13.0 Å². The van der Waals surface area contributed by atoms with Crippen LogP contribution in [0.3, 0.4) is 0 Å². The Morgan fingerprint density at radius 2 is 1.81 bits per heavy atom. The number of nitrogens with one attached hydrogen (secondary N) is 1. The number of aryl methyl sites for hydroxylation is 1. The second-order valence-electron chi connectivity index (χ2n) is 4.73. The van der Waals surface area contributed by atoms with Gasteiger partial charge in [-0.25, -0.2) is 8.78 Å². The SMILES string of the molecule is CNC(c1cc(C)c(F)cc1F)c1ccc(Cl)cc1OC. The molecular weight excluding hydrogens is 296 g/mol. The normalized spacial score (nSPS) is 12.3. The zero-order valence-electron chi connectivity index (χ0n) is 12.0. The number of ether oxygens (including phenoxy) is 1. The number of hydrogen-bond acceptors (Lipinski definition) is 2. The van der Waals surface area contributed by atoms with Crippen molar-refractivity contribution in [3.63, 3.8) is 0 Å². The van der Waals surface area contributed by atoms with Gasteiger partial charge >= 0.3 is 0 Å². The lowest BCUT2D eigenvalue weighted by atomic mass is 9.96. The molecule has 0 saturated carbocycles. The quantitative estimate of drug-likeness (QED) is 0.911. The third kappa shape index (κ3) is 3.17. The van der Waals surface area contributed by atoms with Gasteiger partial charge in [-0.2, -0.15) is 0 Å². The van der Waals surface area contributed by atoms with E-state index >= 15 is 0 Å². The van der Waals surface area contributed by atoms with E-state index in [4.69, 9.17) is 16.3 Å². The molecule has 0 radical (unpaired) electrons. The first kappa shape index (κ1) is 15.7. The topological polar surface area (TPSA) is 21.3 Å². The molecule has 0 bridgehead atoms. The highest BCUT2D eigenvalue weighted by Crippen LogP contribution is 2.33. The van der Waals surface area contributed by atoms with E-state index in [0.29, 0.717) is 21.9 Å². The molecule has 2 aromatic carbocycles. The minimum atomic E-state index is -0.602. The van der Waals surface area contributed by atoms with Crippen molar-refractivity contribution in [1.29, 1.82) is 0 Å². The highest BCUT2D eigenvalue weighted by Gasteiger charge is 2.21. The summed E-state index contributed by atoms with van der Waals surface area (Å²) in [4.78, 5) is 0. The highest BCUT2D eigenvalue weighted by molar-refractivity contribution is 6.30. The van der Waals surface area contributed by atoms with E-state index in [1.165, 1.54) is 13.2 Å². The van der Waals surface area contributed by atoms with E-state index < -0.39 is 17.7 Å². The maximum atomic E-state index is 14.1. The largest absolute Gasteiger partial charge is 0.496 e. The maximum absolute atomic E-state index is 14.1. The minimum absolute atomic E-state index is 0.358. The van der Waals surface area contributed by atoms with Crippen molar-refractivity contribution >= 4 is 11.6 Å². The van der Waals surface area contributed by atoms with E-state index in [1.807, 2.05) is 0 Å². The summed E-state index contributed by atoms with van der Waals surface area (Å²) >= 11 is 5.94. The molecule has 2 rings (SSSR count). The van der Waals surface area contributed by atoms with Gasteiger partial charge in [-0.1, -0.05) is 17.7 Å². The summed E-state index contributed by atoms with van der Waals surface area (Å²) in [6.07, 6.45) is 0. The lowest BCUT2D eigenvalue weighted by Gasteiger charge is -2.21. The standard InChI is InChI=1S/C16H16ClF2NO/c1-9-6-12(14(19)8-13(9)18)16(20-2)11-5-4-10(17)7-15(11)21-3/h4-8,16,20H,1-3H3. The number of benzene rings is 2. The first-order chi connectivity index (χ1) is 9.97. The summed E-state index contributed by atoms with van der Waals surface area (Å²) in [6.45, 7) is 1.60. The van der Waals surface area contributed by atoms with Crippen molar-refractivity contribution in [2.24, 2.45) is 0 Å². The second-order valence-corrected chi connectivity index (χ2v) is 5.17. The molecule has 0 aliphatic rings. The van der Waals surface area contributed by atoms with Gasteiger partial charge in [0.25, 0.3) is 0 Å². The Balaban J connectivity index is 2.57. The van der Waals surface area contributed by atoms with E-state index in [-0.39, 0.29) is 0 Å². The Kier molecular flexibility index (Phi) is 4.80. The zero-order chi connectivity index (χ0) is 15.6. The van der Waals surface area contributed by atoms with Crippen LogP contribution >= 0.6 is 11.6 Å². The molecule has 2 nitrogen and oxygen atoms in total. The van der Waals surface area contributed by atoms with Crippen LogP contribution in [0, 0.1) is 18.6 Å². The van der Waals surface area contributed by atoms with Crippen LogP contribution in [-0.2, 0) is 0 Å². The Hall–Kier alpha value is -1.65. The van der Waals surface area contributed by atoms with Crippen molar-refractivity contribution in [2.75, 3.05) is 14.2 Å². The Bertz CT molecular complexity index is 661. The molecule has 112 valence electrons. The predicted molar refractivity (Wildman–Crippen MR) is 80.0 cm³/mol. The molecule has 0 fully saturated rings. The maximum Gasteiger partial charge on any atom is 0.131 e. The van der Waals surface area contributed by atoms with Gasteiger partial charge in [0.05, 0.1) is 13.2 Å². The average molecular weight is 312 g/mol. The Morgan fingerprint density at radius 1 is 1.10 bits per heavy atom. The summed E-state index contributed by atoms with van der Waals surface area (Å²) in [5.41, 5.74) is 1.48. The van der Waals surface area contributed by atoms with Crippen molar-refractivity contribution in [3.05, 3.63) is 63.7 Å². The fraction of sp³-hybridized carbons (Fsp3) is 0.250. The summed E-state index contributed by atoms with van der Waals surface area (Å²) in [5.74, 6) is -0.619. The summed E-state index contributed by atoms with van der Waals surface area (Å²) < 4.78 is 32.8. The van der Waals surface area contributed by atoms with Crippen LogP contribution in [0.5, 0.6) is 5.75 Å². The molecule has 0 heterocycles. The van der Waals surface area contributed by atoms with Gasteiger partial charge in [0.15, 0.2) is 0 Å². The van der Waals surface area contributed by atoms with Gasteiger partial charge in [-0.05, 0) is 37.7 Å². The molecule has 0 aliphatic heterocycles. The predicted octanol–water partition coefficient (Wildman–Crippen LogP) is 4.24. The lowest BCUT2D eigenvalue weighted by Crippen LogP contribution is -2.20. The van der Waals surface area contributed by atoms with E-state index in [2.05, 4.69) is 5.32 Å². The zero-order valence-corrected chi connectivity index (χ0v) is 12.8. The van der Waals surface area contributed by atoms with Gasteiger partial charge in [0, 0.05) is 22.2 Å². The van der Waals surface area contributed by atoms with E-state index in [9.17, 15) is 8.78 Å². The van der Waals surface area contributed by atoms with Crippen LogP contribution in [0.15, 0.2) is 30.3 Å². The van der Waals surface area contributed by atoms with Gasteiger partial charge in [-0.15, -0.1) is 0 Å². The van der Waals surface area contributed by atoms with Crippen LogP contribution in [0.1, 0.15) is 22.7 Å². The van der Waals surface area contributed by atoms with Crippen LogP contribution in [0.25, 0.3) is 0 Å². The summed E-state index contributed by atoms with van der Waals surface area (Å²) in [6, 6.07) is 7.07. The molecule has 0 aliphatic carbocycles. The fourth-order valence-corrected chi connectivity index (χ4v) is 2.46. The molecule has 0 amide bonds. The van der Waals surface area contributed by atoms with Gasteiger partial charge < -0.3 is 10.1 Å². The van der Waals surface area contributed by atoms with Crippen molar-refractivity contribution < 1.29 is 13.5 Å². The second kappa shape index (κ2) is 6.41. The van der Waals surface area contributed by atoms with Gasteiger partial charge in [0.1, 0.15) is 17.4 Å². The molecule has 0 aromatic heterocycles. The minimum Gasteiger partial charge on any atom is -0.496 e. The molecule has 1 N–H and O–H groups in total. The van der Waals surface area contributed by atoms with Crippen LogP contribution in [-0.4, -0.2) is 14.2 Å². The number of methoxy groups -OCH3 is 1. The number of halogens is 3. The van der Waals surface area contributed by atoms with Crippen molar-refractivity contribution in [3.8, 4) is 5.75 Å². The Morgan fingerprint density at radius 3 is 2.43 bits per heavy atom. The lowest BCUT2D eigenvalue weighted by molar-refractivity contribution is 0.404. The average Bonchev–Trinajstić information content (AvgIpc) is 2.46. The third-order valence-corrected chi connectivity index (χ3v) is 3.62. The number of hydrogen-bond donors (Lipinski definition) is 1. The summed E-state index contributed by atoms with van der Waals surface area (Å²) in [7, 11) is 3.23. The van der Waals surface area contributed by atoms with E-state index in [1.54, 1.807) is 32.2 Å². The third-order valence-electron chi connectivity index (χ3n) is 3.38. The van der Waals surface area contributed by atoms with Gasteiger partial charge in [-0.3, -0.25) is 0 Å². The van der Waals surface area contributed by atoms with Crippen LogP contribution < -0.4 is 10.1 Å². The van der Waals surface area contributed by atoms with Crippen molar-refractivity contribution in [1.82, 2.24) is 5.32 Å².